The molecule has 0 spiro atoms. The van der Waals surface area contributed by atoms with Crippen molar-refractivity contribution in [2.75, 3.05) is 18.1 Å². The number of benzene rings is 1. The van der Waals surface area contributed by atoms with E-state index >= 15 is 0 Å². The van der Waals surface area contributed by atoms with Gasteiger partial charge in [-0.1, -0.05) is 18.6 Å². The second-order valence-electron chi connectivity index (χ2n) is 9.06. The fraction of sp³-hybridized carbons (Fsp3) is 0.214. The first-order valence-corrected chi connectivity index (χ1v) is 12.2. The van der Waals surface area contributed by atoms with Gasteiger partial charge in [-0.25, -0.2) is 9.37 Å². The molecule has 1 unspecified atom stereocenters. The van der Waals surface area contributed by atoms with E-state index in [1.807, 2.05) is 13.8 Å². The molecule has 0 saturated carbocycles. The third-order valence-electron chi connectivity index (χ3n) is 6.75. The van der Waals surface area contributed by atoms with Crippen molar-refractivity contribution in [1.29, 1.82) is 5.41 Å². The first-order chi connectivity index (χ1) is 18.6. The molecule has 0 radical (unpaired) electrons. The zero-order valence-corrected chi connectivity index (χ0v) is 22.0. The standard InChI is InChI=1S/C28H29F2N7O2/c1-5-14(2)22-23-17(13-31)19(32)9-10-20(23)39-25(22)24(26(33)38)37(4)15(3)16-7-6-12-34-27(16)36-28-18(29)8-11-21(30)35-28/h6-13,15,31H,5,32H2,1-4H3,(H2,33,38)(H,34,35,36)/b22-14+,25-24+,31-13?. The lowest BCUT2D eigenvalue weighted by Crippen LogP contribution is -2.39. The number of primary amides is 1. The molecule has 0 bridgehead atoms. The summed E-state index contributed by atoms with van der Waals surface area (Å²) < 4.78 is 34.2. The number of rotatable bonds is 8. The van der Waals surface area contributed by atoms with Crippen LogP contribution in [0.2, 0.25) is 0 Å². The number of likely N-dealkylation sites (N-methyl/N-ethyl adjacent to an activating group) is 1. The molecule has 0 aliphatic heterocycles. The summed E-state index contributed by atoms with van der Waals surface area (Å²) in [5.41, 5.74) is 15.2. The molecule has 0 saturated heterocycles. The van der Waals surface area contributed by atoms with Crippen LogP contribution in [-0.2, 0) is 4.79 Å². The molecule has 9 nitrogen and oxygen atoms in total. The Bertz CT molecular complexity index is 1720. The summed E-state index contributed by atoms with van der Waals surface area (Å²) >= 11 is 0. The maximum absolute atomic E-state index is 14.3. The second-order valence-corrected chi connectivity index (χ2v) is 9.06. The van der Waals surface area contributed by atoms with E-state index in [0.717, 1.165) is 23.9 Å². The lowest BCUT2D eigenvalue weighted by molar-refractivity contribution is -0.114. The molecular weight excluding hydrogens is 504 g/mol. The van der Waals surface area contributed by atoms with Crippen LogP contribution in [0, 0.1) is 17.2 Å². The summed E-state index contributed by atoms with van der Waals surface area (Å²) in [6.07, 6.45) is 3.30. The van der Waals surface area contributed by atoms with Crippen molar-refractivity contribution >= 4 is 51.7 Å². The Balaban J connectivity index is 1.95. The Hall–Kier alpha value is -4.80. The quantitative estimate of drug-likeness (QED) is 0.153. The minimum Gasteiger partial charge on any atom is -0.454 e. The number of furan rings is 1. The van der Waals surface area contributed by atoms with Crippen LogP contribution in [0.15, 0.2) is 47.0 Å². The van der Waals surface area contributed by atoms with Crippen molar-refractivity contribution in [2.24, 2.45) is 5.73 Å². The summed E-state index contributed by atoms with van der Waals surface area (Å²) in [5.74, 6) is -2.45. The minimum absolute atomic E-state index is 0.0841. The average Bonchev–Trinajstić information content (AvgIpc) is 3.28. The molecule has 1 atom stereocenters. The van der Waals surface area contributed by atoms with E-state index in [9.17, 15) is 13.6 Å². The summed E-state index contributed by atoms with van der Waals surface area (Å²) in [7, 11) is 1.67. The number of pyridine rings is 2. The Labute approximate surface area is 223 Å². The van der Waals surface area contributed by atoms with Gasteiger partial charge in [-0.2, -0.15) is 9.37 Å². The highest BCUT2D eigenvalue weighted by molar-refractivity contribution is 6.12. The maximum atomic E-state index is 14.3. The number of halogens is 2. The van der Waals surface area contributed by atoms with Gasteiger partial charge in [-0.05, 0) is 50.6 Å². The number of anilines is 3. The predicted octanol–water partition coefficient (Wildman–Crippen LogP) is 3.69. The molecule has 0 aliphatic rings. The number of nitrogens with two attached hydrogens (primary N) is 2. The smallest absolute Gasteiger partial charge is 0.268 e. The average molecular weight is 534 g/mol. The van der Waals surface area contributed by atoms with Gasteiger partial charge < -0.3 is 31.5 Å². The van der Waals surface area contributed by atoms with E-state index in [2.05, 4.69) is 15.3 Å². The fourth-order valence-electron chi connectivity index (χ4n) is 4.46. The third-order valence-corrected chi connectivity index (χ3v) is 6.75. The molecule has 3 aromatic heterocycles. The number of nitrogens with zero attached hydrogens (tertiary/aromatic N) is 3. The van der Waals surface area contributed by atoms with Gasteiger partial charge in [-0.15, -0.1) is 0 Å². The largest absolute Gasteiger partial charge is 0.454 e. The number of hydrogen-bond acceptors (Lipinski definition) is 8. The number of aromatic nitrogens is 2. The van der Waals surface area contributed by atoms with Crippen molar-refractivity contribution in [3.8, 4) is 0 Å². The highest BCUT2D eigenvalue weighted by Gasteiger charge is 2.25. The molecule has 1 amide bonds. The molecule has 1 aromatic carbocycles. The zero-order chi connectivity index (χ0) is 28.4. The van der Waals surface area contributed by atoms with E-state index in [0.29, 0.717) is 39.4 Å². The van der Waals surface area contributed by atoms with Gasteiger partial charge in [0.1, 0.15) is 17.1 Å². The molecule has 0 fully saturated rings. The molecule has 202 valence electrons. The topological polar surface area (TPSA) is 147 Å². The summed E-state index contributed by atoms with van der Waals surface area (Å²) in [6, 6.07) is 8.10. The van der Waals surface area contributed by atoms with Crippen LogP contribution in [-0.4, -0.2) is 34.0 Å². The number of carbonyl (C=O) groups excluding carboxylic acids is 1. The van der Waals surface area contributed by atoms with Gasteiger partial charge in [0, 0.05) is 46.9 Å². The zero-order valence-electron chi connectivity index (χ0n) is 22.0. The third kappa shape index (κ3) is 5.02. The van der Waals surface area contributed by atoms with Crippen molar-refractivity contribution in [3.05, 3.63) is 76.1 Å². The minimum atomic E-state index is -0.851. The molecular formula is C28H29F2N7O2. The SMILES string of the molecule is CC/C(C)=c1/c(=C(/C(N)=O)N(C)C(C)c2cccnc2Nc2nc(F)ccc2F)oc2ccc(N)c(C=N)c12. The lowest BCUT2D eigenvalue weighted by atomic mass is 10.0. The van der Waals surface area contributed by atoms with E-state index in [-0.39, 0.29) is 22.7 Å². The van der Waals surface area contributed by atoms with Gasteiger partial charge in [0.2, 0.25) is 5.95 Å². The van der Waals surface area contributed by atoms with Crippen LogP contribution in [0.5, 0.6) is 0 Å². The predicted molar refractivity (Wildman–Crippen MR) is 148 cm³/mol. The Morgan fingerprint density at radius 2 is 1.97 bits per heavy atom. The molecule has 4 rings (SSSR count). The van der Waals surface area contributed by atoms with Crippen molar-refractivity contribution in [3.63, 3.8) is 0 Å². The first kappa shape index (κ1) is 27.2. The second kappa shape index (κ2) is 10.9. The van der Waals surface area contributed by atoms with Crippen LogP contribution < -0.4 is 27.4 Å². The summed E-state index contributed by atoms with van der Waals surface area (Å²) in [6.45, 7) is 5.69. The number of carbonyl (C=O) groups is 1. The number of amides is 1. The van der Waals surface area contributed by atoms with Crippen molar-refractivity contribution < 1.29 is 18.0 Å². The highest BCUT2D eigenvalue weighted by Crippen LogP contribution is 2.30. The van der Waals surface area contributed by atoms with Gasteiger partial charge in [-0.3, -0.25) is 4.79 Å². The molecule has 6 N–H and O–H groups in total. The van der Waals surface area contributed by atoms with E-state index in [1.54, 1.807) is 43.1 Å². The van der Waals surface area contributed by atoms with Gasteiger partial charge in [0.25, 0.3) is 5.91 Å². The monoisotopic (exact) mass is 533 g/mol. The summed E-state index contributed by atoms with van der Waals surface area (Å²) in [5, 5.41) is 12.0. The van der Waals surface area contributed by atoms with Crippen LogP contribution in [0.1, 0.15) is 44.4 Å². The molecule has 39 heavy (non-hydrogen) atoms. The number of fused-ring (bicyclic) bond motifs is 1. The van der Waals surface area contributed by atoms with Crippen molar-refractivity contribution in [2.45, 2.75) is 33.2 Å². The van der Waals surface area contributed by atoms with Crippen LogP contribution in [0.4, 0.5) is 26.1 Å². The van der Waals surface area contributed by atoms with Crippen LogP contribution in [0.3, 0.4) is 0 Å². The van der Waals surface area contributed by atoms with Crippen LogP contribution >= 0.6 is 0 Å². The van der Waals surface area contributed by atoms with E-state index < -0.39 is 23.7 Å². The molecule has 3 heterocycles. The first-order valence-electron chi connectivity index (χ1n) is 12.2. The van der Waals surface area contributed by atoms with Crippen molar-refractivity contribution in [1.82, 2.24) is 14.9 Å². The maximum Gasteiger partial charge on any atom is 0.268 e. The fourth-order valence-corrected chi connectivity index (χ4v) is 4.46. The van der Waals surface area contributed by atoms with Crippen LogP contribution in [0.25, 0.3) is 22.2 Å². The summed E-state index contributed by atoms with van der Waals surface area (Å²) in [4.78, 5) is 22.5. The van der Waals surface area contributed by atoms with E-state index in [1.165, 1.54) is 6.20 Å². The number of nitrogen functional groups attached to an aromatic ring is 1. The van der Waals surface area contributed by atoms with E-state index in [4.69, 9.17) is 21.3 Å². The Morgan fingerprint density at radius 3 is 2.64 bits per heavy atom. The number of nitrogens with one attached hydrogen (secondary N) is 2. The van der Waals surface area contributed by atoms with Gasteiger partial charge >= 0.3 is 0 Å². The Morgan fingerprint density at radius 1 is 1.23 bits per heavy atom. The van der Waals surface area contributed by atoms with Gasteiger partial charge in [0.15, 0.2) is 17.1 Å². The number of hydrogen-bond donors (Lipinski definition) is 4. The molecule has 4 aromatic rings. The Kier molecular flexibility index (Phi) is 7.61. The normalized spacial score (nSPS) is 13.6. The lowest BCUT2D eigenvalue weighted by Gasteiger charge is -2.28. The van der Waals surface area contributed by atoms with Gasteiger partial charge in [0.05, 0.1) is 6.04 Å². The molecule has 0 aliphatic carbocycles. The molecule has 11 heteroatoms. The highest BCUT2D eigenvalue weighted by atomic mass is 19.1.